The SMILES string of the molecule is CCNC(=O)c1nnc(-c2cc(C(C)C)c(O)cc2O)n1-c1ccc(OC2CCN(C(=O)[C@@H]3CCCN3C(=O)O[C@]3(CC)C(=O)OCc4c3cc3n(c4=O)Cc4c-3nc3ccc(O)cc3c4CC)CC2)cc1. The van der Waals surface area contributed by atoms with Crippen LogP contribution in [-0.4, -0.2) is 112 Å². The lowest BCUT2D eigenvalue weighted by Gasteiger charge is -2.38. The third kappa shape index (κ3) is 7.99. The zero-order valence-corrected chi connectivity index (χ0v) is 40.7. The van der Waals surface area contributed by atoms with Crippen molar-refractivity contribution in [3.05, 3.63) is 105 Å². The summed E-state index contributed by atoms with van der Waals surface area (Å²) in [6, 6.07) is 15.8. The molecule has 10 rings (SSSR count). The number of cyclic esters (lactones) is 1. The lowest BCUT2D eigenvalue weighted by Crippen LogP contribution is -2.54. The van der Waals surface area contributed by atoms with Gasteiger partial charge in [0.2, 0.25) is 17.3 Å². The van der Waals surface area contributed by atoms with E-state index < -0.39 is 29.6 Å². The molecule has 4 N–H and O–H groups in total. The van der Waals surface area contributed by atoms with Crippen LogP contribution in [0.25, 0.3) is 39.4 Å². The van der Waals surface area contributed by atoms with E-state index in [-0.39, 0.29) is 95.2 Å². The summed E-state index contributed by atoms with van der Waals surface area (Å²) in [5.74, 6) is -0.975. The largest absolute Gasteiger partial charge is 0.508 e. The summed E-state index contributed by atoms with van der Waals surface area (Å²) in [5.41, 5.74) is 3.02. The van der Waals surface area contributed by atoms with Gasteiger partial charge in [-0.1, -0.05) is 27.7 Å². The highest BCUT2D eigenvalue weighted by atomic mass is 16.6. The first kappa shape index (κ1) is 47.7. The fourth-order valence-electron chi connectivity index (χ4n) is 10.8. The topological polar surface area (TPSA) is 241 Å². The molecule has 3 amide bonds. The van der Waals surface area contributed by atoms with Crippen LogP contribution in [0.1, 0.15) is 111 Å². The molecule has 0 spiro atoms. The number of fused-ring (bicyclic) bond motifs is 5. The Hall–Kier alpha value is -7.96. The molecule has 4 aliphatic heterocycles. The minimum absolute atomic E-state index is 0.00425. The van der Waals surface area contributed by atoms with E-state index >= 15 is 0 Å². The fourth-order valence-corrected chi connectivity index (χ4v) is 10.8. The minimum atomic E-state index is -1.96. The highest BCUT2D eigenvalue weighted by Crippen LogP contribution is 2.44. The summed E-state index contributed by atoms with van der Waals surface area (Å²) in [6.45, 7) is 10.6. The second-order valence-electron chi connectivity index (χ2n) is 19.0. The van der Waals surface area contributed by atoms with Crippen molar-refractivity contribution in [1.82, 2.24) is 39.4 Å². The van der Waals surface area contributed by atoms with Crippen LogP contribution in [-0.2, 0) is 44.2 Å². The molecule has 7 heterocycles. The summed E-state index contributed by atoms with van der Waals surface area (Å²) in [7, 11) is 0. The number of aryl methyl sites for hydroxylation is 1. The number of likely N-dealkylation sites (tertiary alicyclic amines) is 2. The monoisotopic (exact) mass is 980 g/mol. The van der Waals surface area contributed by atoms with Crippen molar-refractivity contribution < 1.29 is 48.7 Å². The Morgan fingerprint density at radius 2 is 1.67 bits per heavy atom. The number of hydrogen-bond acceptors (Lipinski definition) is 14. The Labute approximate surface area is 414 Å². The van der Waals surface area contributed by atoms with Crippen LogP contribution in [0.3, 0.4) is 0 Å². The Kier molecular flexibility index (Phi) is 12.4. The molecule has 2 fully saturated rings. The maximum Gasteiger partial charge on any atom is 0.411 e. The van der Waals surface area contributed by atoms with Crippen LogP contribution in [0, 0.1) is 0 Å². The molecule has 6 aromatic rings. The zero-order chi connectivity index (χ0) is 50.7. The molecule has 0 saturated carbocycles. The van der Waals surface area contributed by atoms with E-state index in [1.165, 1.54) is 11.0 Å². The number of rotatable bonds is 11. The van der Waals surface area contributed by atoms with Gasteiger partial charge in [0.1, 0.15) is 41.8 Å². The number of carbonyl (C=O) groups is 4. The van der Waals surface area contributed by atoms with Crippen LogP contribution in [0.4, 0.5) is 4.79 Å². The molecule has 0 aliphatic carbocycles. The van der Waals surface area contributed by atoms with Gasteiger partial charge in [-0.05, 0) is 104 Å². The minimum Gasteiger partial charge on any atom is -0.508 e. The standard InChI is InChI=1S/C53H56N8O11/c1-6-33-35-22-30(62)13-16-40(35)55-45-37(33)26-60-42(45)24-39-38(49(60)66)27-70-51(68)53(39,7-2)72-52(69)59-19-9-10-41(59)50(67)58-20-17-32(18-21-58)71-31-14-11-29(12-15-31)61-46(56-57-47(61)48(65)54-8-3)36-23-34(28(4)5)43(63)25-44(36)64/h11-16,22-25,28,32,41,62-64H,6-10,17-21,26-27H2,1-5H3,(H,54,65)/t41-,53-/m0/s1. The molecular formula is C53H56N8O11. The van der Waals surface area contributed by atoms with Crippen LogP contribution in [0.5, 0.6) is 23.0 Å². The molecule has 374 valence electrons. The summed E-state index contributed by atoms with van der Waals surface area (Å²) < 4.78 is 21.4. The number of aromatic hydroxyl groups is 3. The maximum absolute atomic E-state index is 14.3. The van der Waals surface area contributed by atoms with Gasteiger partial charge in [0.05, 0.1) is 34.6 Å². The van der Waals surface area contributed by atoms with Gasteiger partial charge >= 0.3 is 12.1 Å². The lowest BCUT2D eigenvalue weighted by atomic mass is 9.85. The molecule has 2 atom stereocenters. The highest BCUT2D eigenvalue weighted by molar-refractivity contribution is 5.93. The Morgan fingerprint density at radius 1 is 0.903 bits per heavy atom. The van der Waals surface area contributed by atoms with Crippen LogP contribution in [0.2, 0.25) is 0 Å². The third-order valence-electron chi connectivity index (χ3n) is 14.5. The second-order valence-corrected chi connectivity index (χ2v) is 19.0. The number of piperidine rings is 1. The summed E-state index contributed by atoms with van der Waals surface area (Å²) in [6.07, 6.45) is 1.47. The van der Waals surface area contributed by atoms with Gasteiger partial charge in [0.15, 0.2) is 5.82 Å². The average molecular weight is 981 g/mol. The van der Waals surface area contributed by atoms with Crippen molar-refractivity contribution >= 4 is 34.8 Å². The molecule has 0 radical (unpaired) electrons. The van der Waals surface area contributed by atoms with Crippen molar-refractivity contribution in [3.63, 3.8) is 0 Å². The number of benzene rings is 3. The number of amides is 3. The predicted octanol–water partition coefficient (Wildman–Crippen LogP) is 6.56. The van der Waals surface area contributed by atoms with E-state index in [0.29, 0.717) is 85.6 Å². The Morgan fingerprint density at radius 3 is 2.38 bits per heavy atom. The first-order valence-corrected chi connectivity index (χ1v) is 24.6. The molecule has 19 heteroatoms. The first-order valence-electron chi connectivity index (χ1n) is 24.6. The number of ether oxygens (including phenoxy) is 3. The van der Waals surface area contributed by atoms with Gasteiger partial charge in [-0.2, -0.15) is 0 Å². The van der Waals surface area contributed by atoms with Gasteiger partial charge in [-0.15, -0.1) is 10.2 Å². The number of nitrogens with zero attached hydrogens (tertiary/aromatic N) is 7. The summed E-state index contributed by atoms with van der Waals surface area (Å²) in [5, 5.41) is 43.7. The summed E-state index contributed by atoms with van der Waals surface area (Å²) in [4.78, 5) is 78.0. The quantitative estimate of drug-likeness (QED) is 0.100. The molecule has 3 aromatic carbocycles. The molecule has 3 aromatic heterocycles. The van der Waals surface area contributed by atoms with E-state index in [1.54, 1.807) is 82.5 Å². The molecule has 72 heavy (non-hydrogen) atoms. The van der Waals surface area contributed by atoms with Gasteiger partial charge in [-0.3, -0.25) is 23.9 Å². The Bertz CT molecular complexity index is 3250. The van der Waals surface area contributed by atoms with Gasteiger partial charge < -0.3 is 44.3 Å². The second kappa shape index (κ2) is 18.7. The van der Waals surface area contributed by atoms with Crippen molar-refractivity contribution in [3.8, 4) is 51.5 Å². The molecule has 0 bridgehead atoms. The van der Waals surface area contributed by atoms with Crippen molar-refractivity contribution in [1.29, 1.82) is 0 Å². The van der Waals surface area contributed by atoms with E-state index in [2.05, 4.69) is 15.5 Å². The fraction of sp³-hybridized carbons (Fsp3) is 0.396. The summed E-state index contributed by atoms with van der Waals surface area (Å²) >= 11 is 0. The van der Waals surface area contributed by atoms with Crippen molar-refractivity contribution in [2.75, 3.05) is 26.2 Å². The van der Waals surface area contributed by atoms with Gasteiger partial charge in [0, 0.05) is 67.3 Å². The number of phenolic OH excluding ortho intramolecular Hbond substituents is 3. The van der Waals surface area contributed by atoms with Crippen LogP contribution < -0.4 is 15.6 Å². The van der Waals surface area contributed by atoms with Crippen molar-refractivity contribution in [2.24, 2.45) is 0 Å². The Balaban J connectivity index is 0.830. The number of nitrogens with one attached hydrogen (secondary N) is 1. The number of esters is 1. The average Bonchev–Trinajstić information content (AvgIpc) is 4.13. The molecule has 19 nitrogen and oxygen atoms in total. The normalized spacial score (nSPS) is 18.5. The predicted molar refractivity (Wildman–Crippen MR) is 262 cm³/mol. The molecule has 0 unspecified atom stereocenters. The van der Waals surface area contributed by atoms with E-state index in [1.807, 2.05) is 20.8 Å². The van der Waals surface area contributed by atoms with Crippen LogP contribution >= 0.6 is 0 Å². The van der Waals surface area contributed by atoms with Crippen molar-refractivity contribution in [2.45, 2.75) is 110 Å². The van der Waals surface area contributed by atoms with Crippen LogP contribution in [0.15, 0.2) is 65.5 Å². The van der Waals surface area contributed by atoms with E-state index in [0.717, 1.165) is 16.5 Å². The third-order valence-corrected chi connectivity index (χ3v) is 14.5. The molecule has 2 saturated heterocycles. The maximum atomic E-state index is 14.3. The van der Waals surface area contributed by atoms with Gasteiger partial charge in [-0.25, -0.2) is 14.6 Å². The van der Waals surface area contributed by atoms with Gasteiger partial charge in [0.25, 0.3) is 11.5 Å². The highest BCUT2D eigenvalue weighted by Gasteiger charge is 2.52. The first-order chi connectivity index (χ1) is 34.7. The smallest absolute Gasteiger partial charge is 0.411 e. The number of aromatic nitrogens is 5. The number of carbonyl (C=O) groups excluding carboxylic acids is 4. The number of hydrogen-bond donors (Lipinski definition) is 4. The molecular weight excluding hydrogens is 925 g/mol. The lowest BCUT2D eigenvalue weighted by molar-refractivity contribution is -0.173. The van der Waals surface area contributed by atoms with E-state index in [4.69, 9.17) is 19.2 Å². The van der Waals surface area contributed by atoms with E-state index in [9.17, 15) is 39.3 Å². The number of pyridine rings is 2. The zero-order valence-electron chi connectivity index (χ0n) is 40.7. The molecule has 4 aliphatic rings. The number of phenols is 3.